The zero-order chi connectivity index (χ0) is 39.1. The zero-order valence-corrected chi connectivity index (χ0v) is 28.2. The fourth-order valence-corrected chi connectivity index (χ4v) is 4.56. The van der Waals surface area contributed by atoms with Gasteiger partial charge in [0.05, 0.1) is 39.8 Å². The molecule has 0 aliphatic heterocycles. The van der Waals surface area contributed by atoms with E-state index in [0.717, 1.165) is 6.07 Å². The average molecular weight is 726 g/mol. The maximum Gasteiger partial charge on any atom is 0.337 e. The van der Waals surface area contributed by atoms with Crippen molar-refractivity contribution in [1.29, 1.82) is 5.26 Å². The van der Waals surface area contributed by atoms with Crippen LogP contribution in [0.25, 0.3) is 11.6 Å². The number of anilines is 2. The molecule has 0 aliphatic carbocycles. The summed E-state index contributed by atoms with van der Waals surface area (Å²) in [5.74, 6) is -3.58. The summed E-state index contributed by atoms with van der Waals surface area (Å²) in [7, 11) is 1.56. The third-order valence-electron chi connectivity index (χ3n) is 7.30. The molecule has 0 aliphatic rings. The molecule has 18 heteroatoms. The summed E-state index contributed by atoms with van der Waals surface area (Å²) in [5, 5.41) is 33.5. The second-order valence-electron chi connectivity index (χ2n) is 10.9. The number of carbonyl (C=O) groups excluding carboxylic acids is 2. The Bertz CT molecular complexity index is 2130. The lowest BCUT2D eigenvalue weighted by Gasteiger charge is -2.13. The number of aldehydes is 1. The minimum absolute atomic E-state index is 0.0493. The van der Waals surface area contributed by atoms with E-state index < -0.39 is 29.2 Å². The fourth-order valence-electron chi connectivity index (χ4n) is 4.56. The van der Waals surface area contributed by atoms with E-state index in [9.17, 15) is 39.0 Å². The van der Waals surface area contributed by atoms with Crippen molar-refractivity contribution >= 4 is 47.1 Å². The molecule has 12 N–H and O–H groups in total. The highest BCUT2D eigenvalue weighted by Crippen LogP contribution is 2.26. The second kappa shape index (κ2) is 18.9. The Morgan fingerprint density at radius 2 is 1.40 bits per heavy atom. The van der Waals surface area contributed by atoms with Crippen molar-refractivity contribution in [2.45, 2.75) is 19.3 Å². The molecule has 0 saturated carbocycles. The van der Waals surface area contributed by atoms with E-state index in [1.165, 1.54) is 53.5 Å². The van der Waals surface area contributed by atoms with Crippen molar-refractivity contribution < 1.29 is 33.8 Å². The standard InChI is InChI=1S/C27H26FN7O5.C8H10N4O/c1-32-22-10-15(17(13-29)9-18(22)26(37)38)3-2-4-16-11-23(19(27(39)40)12-20(16)28)34-25(36)21(30)5-6-24(31)35-8-7-33-14-35;9-7(5-13)1-2-8(10)12-4-3-11-6-12/h5-12,14,32H,2-4,30-31H2,1H3,(H,34,36)(H,37,38)(H,39,40);1-6H,9-10H2/b21-5-,24-6+;7-1-,8-2+. The number of nitriles is 1. The summed E-state index contributed by atoms with van der Waals surface area (Å²) >= 11 is 0. The van der Waals surface area contributed by atoms with Crippen molar-refractivity contribution in [3.8, 4) is 6.07 Å². The molecule has 0 saturated heterocycles. The van der Waals surface area contributed by atoms with Crippen LogP contribution in [0.15, 0.2) is 97.4 Å². The number of nitrogens with two attached hydrogens (primary N) is 4. The van der Waals surface area contributed by atoms with Gasteiger partial charge in [-0.15, -0.1) is 0 Å². The Morgan fingerprint density at radius 1 is 0.849 bits per heavy atom. The first-order valence-corrected chi connectivity index (χ1v) is 15.4. The molecule has 1 amide bonds. The number of halogens is 1. The van der Waals surface area contributed by atoms with Crippen LogP contribution in [0.5, 0.6) is 0 Å². The number of aromatic nitrogens is 4. The number of carbonyl (C=O) groups is 4. The third kappa shape index (κ3) is 11.2. The van der Waals surface area contributed by atoms with Crippen LogP contribution in [0.3, 0.4) is 0 Å². The lowest BCUT2D eigenvalue weighted by atomic mass is 9.96. The van der Waals surface area contributed by atoms with E-state index in [1.807, 2.05) is 6.07 Å². The van der Waals surface area contributed by atoms with Crippen molar-refractivity contribution in [1.82, 2.24) is 19.1 Å². The molecule has 2 aromatic heterocycles. The predicted molar refractivity (Wildman–Crippen MR) is 194 cm³/mol. The first-order chi connectivity index (χ1) is 25.3. The highest BCUT2D eigenvalue weighted by atomic mass is 19.1. The van der Waals surface area contributed by atoms with Crippen LogP contribution in [-0.2, 0) is 22.4 Å². The van der Waals surface area contributed by atoms with Gasteiger partial charge in [0.15, 0.2) is 6.29 Å². The van der Waals surface area contributed by atoms with Crippen molar-refractivity contribution in [2.75, 3.05) is 17.7 Å². The number of aromatic carboxylic acids is 2. The Balaban J connectivity index is 0.000000489. The molecular weight excluding hydrogens is 689 g/mol. The smallest absolute Gasteiger partial charge is 0.337 e. The molecule has 2 heterocycles. The molecule has 4 aromatic rings. The number of carboxylic acids is 2. The number of hydrogen-bond acceptors (Lipinski definition) is 12. The van der Waals surface area contributed by atoms with Gasteiger partial charge >= 0.3 is 11.9 Å². The normalized spacial score (nSPS) is 11.9. The Labute approximate surface area is 302 Å². The summed E-state index contributed by atoms with van der Waals surface area (Å²) in [6.45, 7) is 0. The summed E-state index contributed by atoms with van der Waals surface area (Å²) in [5.41, 5.74) is 22.9. The third-order valence-corrected chi connectivity index (χ3v) is 7.30. The van der Waals surface area contributed by atoms with Gasteiger partial charge in [-0.05, 0) is 79.0 Å². The number of aryl methyl sites for hydroxylation is 2. The maximum atomic E-state index is 14.8. The molecule has 0 fully saturated rings. The number of nitrogens with zero attached hydrogens (tertiary/aromatic N) is 5. The Morgan fingerprint density at radius 3 is 1.91 bits per heavy atom. The summed E-state index contributed by atoms with van der Waals surface area (Å²) in [6.07, 6.45) is 16.3. The molecule has 274 valence electrons. The van der Waals surface area contributed by atoms with Gasteiger partial charge in [-0.2, -0.15) is 5.26 Å². The molecular formula is C35H36FN11O6. The maximum absolute atomic E-state index is 14.8. The molecule has 0 atom stereocenters. The lowest BCUT2D eigenvalue weighted by molar-refractivity contribution is -0.113. The van der Waals surface area contributed by atoms with Crippen LogP contribution in [-0.4, -0.2) is 60.5 Å². The van der Waals surface area contributed by atoms with Crippen molar-refractivity contribution in [3.05, 3.63) is 131 Å². The van der Waals surface area contributed by atoms with Gasteiger partial charge in [0.1, 0.15) is 30.1 Å². The van der Waals surface area contributed by atoms with E-state index in [0.29, 0.717) is 36.2 Å². The highest BCUT2D eigenvalue weighted by Gasteiger charge is 2.19. The molecule has 0 bridgehead atoms. The topological polar surface area (TPSA) is 296 Å². The molecule has 2 aromatic carbocycles. The molecule has 17 nitrogen and oxygen atoms in total. The van der Waals surface area contributed by atoms with E-state index in [2.05, 4.69) is 20.6 Å². The van der Waals surface area contributed by atoms with Gasteiger partial charge in [-0.25, -0.2) is 23.9 Å². The molecule has 4 rings (SSSR count). The van der Waals surface area contributed by atoms with Gasteiger partial charge in [-0.3, -0.25) is 18.7 Å². The Hall–Kier alpha value is -7.68. The number of benzene rings is 2. The van der Waals surface area contributed by atoms with Crippen LogP contribution < -0.4 is 33.6 Å². The van der Waals surface area contributed by atoms with Crippen LogP contribution in [0.2, 0.25) is 0 Å². The first-order valence-electron chi connectivity index (χ1n) is 15.4. The van der Waals surface area contributed by atoms with Crippen molar-refractivity contribution in [3.63, 3.8) is 0 Å². The number of carboxylic acid groups (broad SMARTS) is 2. The van der Waals surface area contributed by atoms with E-state index in [1.54, 1.807) is 42.6 Å². The quantitative estimate of drug-likeness (QED) is 0.0526. The summed E-state index contributed by atoms with van der Waals surface area (Å²) in [6, 6.07) is 6.84. The van der Waals surface area contributed by atoms with Gasteiger partial charge < -0.3 is 43.8 Å². The lowest BCUT2D eigenvalue weighted by Crippen LogP contribution is -2.22. The highest BCUT2D eigenvalue weighted by molar-refractivity contribution is 6.07. The molecule has 0 spiro atoms. The minimum Gasteiger partial charge on any atom is -0.478 e. The van der Waals surface area contributed by atoms with Crippen LogP contribution in [0, 0.1) is 17.1 Å². The predicted octanol–water partition coefficient (Wildman–Crippen LogP) is 2.43. The Kier molecular flexibility index (Phi) is 14.2. The van der Waals surface area contributed by atoms with E-state index in [4.69, 9.17) is 22.9 Å². The number of hydrogen-bond donors (Lipinski definition) is 8. The van der Waals surface area contributed by atoms with Crippen LogP contribution in [0.4, 0.5) is 15.8 Å². The van der Waals surface area contributed by atoms with Gasteiger partial charge in [0.25, 0.3) is 5.91 Å². The zero-order valence-electron chi connectivity index (χ0n) is 28.2. The molecule has 53 heavy (non-hydrogen) atoms. The SMILES string of the molecule is CNc1cc(CCCc2cc(NC(=O)/C(N)=C/C=C(\N)n3ccnc3)c(C(=O)O)cc2F)c(C#N)cc1C(=O)O.N/C(C=O)=C\C=C(/N)n1ccnc1. The summed E-state index contributed by atoms with van der Waals surface area (Å²) in [4.78, 5) is 53.6. The van der Waals surface area contributed by atoms with Crippen molar-refractivity contribution in [2.24, 2.45) is 22.9 Å². The molecule has 0 unspecified atom stereocenters. The summed E-state index contributed by atoms with van der Waals surface area (Å²) < 4.78 is 17.9. The number of rotatable bonds is 14. The number of nitrogens with one attached hydrogen (secondary N) is 2. The van der Waals surface area contributed by atoms with Gasteiger partial charge in [0, 0.05) is 37.5 Å². The first kappa shape index (κ1) is 39.8. The van der Waals surface area contributed by atoms with Gasteiger partial charge in [0.2, 0.25) is 0 Å². The molecule has 0 radical (unpaired) electrons. The fraction of sp³-hybridized carbons (Fsp3) is 0.114. The van der Waals surface area contributed by atoms with E-state index in [-0.39, 0.29) is 46.0 Å². The van der Waals surface area contributed by atoms with Crippen LogP contribution >= 0.6 is 0 Å². The minimum atomic E-state index is -1.45. The number of allylic oxidation sites excluding steroid dienone is 5. The van der Waals surface area contributed by atoms with Gasteiger partial charge in [-0.1, -0.05) is 0 Å². The number of imidazole rings is 2. The second-order valence-corrected chi connectivity index (χ2v) is 10.9. The largest absolute Gasteiger partial charge is 0.478 e. The van der Waals surface area contributed by atoms with Crippen LogP contribution in [0.1, 0.15) is 43.8 Å². The average Bonchev–Trinajstić information content (AvgIpc) is 3.89. The number of amides is 1. The monoisotopic (exact) mass is 725 g/mol. The van der Waals surface area contributed by atoms with E-state index >= 15 is 0 Å².